The molecule has 0 radical (unpaired) electrons. The van der Waals surface area contributed by atoms with Crippen LogP contribution in [0.4, 0.5) is 0 Å². The highest BCUT2D eigenvalue weighted by molar-refractivity contribution is 6.30. The molecule has 0 fully saturated rings. The first-order chi connectivity index (χ1) is 15.8. The van der Waals surface area contributed by atoms with Crippen molar-refractivity contribution in [2.45, 2.75) is 0 Å². The molecule has 0 aliphatic heterocycles. The molecule has 0 saturated heterocycles. The van der Waals surface area contributed by atoms with E-state index in [9.17, 15) is 0 Å². The zero-order valence-electron chi connectivity index (χ0n) is 17.1. The number of benzene rings is 5. The van der Waals surface area contributed by atoms with Gasteiger partial charge in [-0.2, -0.15) is 0 Å². The molecule has 0 N–H and O–H groups in total. The lowest BCUT2D eigenvalue weighted by molar-refractivity contribution is 0.620. The van der Waals surface area contributed by atoms with Gasteiger partial charge in [0.05, 0.1) is 0 Å². The standard InChI is InChI=1S/C29H18ClNO/c30-23-17-15-22(16-18-23)29-31-28-26(9-4-10-27(28)32-29)21-13-11-20(12-14-21)25-8-3-6-19-5-1-2-7-24(19)25/h1-18H. The quantitative estimate of drug-likeness (QED) is 0.280. The second-order valence-electron chi connectivity index (χ2n) is 7.78. The highest BCUT2D eigenvalue weighted by Crippen LogP contribution is 2.34. The van der Waals surface area contributed by atoms with Crippen LogP contribution in [0, 0.1) is 0 Å². The van der Waals surface area contributed by atoms with E-state index in [4.69, 9.17) is 21.0 Å². The minimum Gasteiger partial charge on any atom is -0.436 e. The molecule has 0 bridgehead atoms. The van der Waals surface area contributed by atoms with Crippen LogP contribution < -0.4 is 0 Å². The highest BCUT2D eigenvalue weighted by atomic mass is 35.5. The van der Waals surface area contributed by atoms with Crippen LogP contribution in [0.25, 0.3) is 55.6 Å². The zero-order chi connectivity index (χ0) is 21.5. The monoisotopic (exact) mass is 431 g/mol. The number of halogens is 1. The van der Waals surface area contributed by atoms with Crippen LogP contribution in [0.2, 0.25) is 5.02 Å². The van der Waals surface area contributed by atoms with Crippen molar-refractivity contribution in [3.05, 3.63) is 114 Å². The predicted octanol–water partition coefficient (Wildman–Crippen LogP) is 8.64. The summed E-state index contributed by atoms with van der Waals surface area (Å²) in [6, 6.07) is 37.2. The van der Waals surface area contributed by atoms with Crippen molar-refractivity contribution in [3.63, 3.8) is 0 Å². The summed E-state index contributed by atoms with van der Waals surface area (Å²) in [5.74, 6) is 0.594. The smallest absolute Gasteiger partial charge is 0.227 e. The van der Waals surface area contributed by atoms with Crippen LogP contribution in [-0.4, -0.2) is 4.98 Å². The highest BCUT2D eigenvalue weighted by Gasteiger charge is 2.13. The topological polar surface area (TPSA) is 26.0 Å². The average molecular weight is 432 g/mol. The predicted molar refractivity (Wildman–Crippen MR) is 133 cm³/mol. The van der Waals surface area contributed by atoms with Crippen molar-refractivity contribution < 1.29 is 4.42 Å². The summed E-state index contributed by atoms with van der Waals surface area (Å²) >= 11 is 6.02. The minimum absolute atomic E-state index is 0.594. The maximum Gasteiger partial charge on any atom is 0.227 e. The Labute approximate surface area is 190 Å². The third-order valence-electron chi connectivity index (χ3n) is 5.81. The summed E-state index contributed by atoms with van der Waals surface area (Å²) in [5, 5.41) is 3.20. The molecule has 32 heavy (non-hydrogen) atoms. The molecule has 1 aromatic heterocycles. The van der Waals surface area contributed by atoms with E-state index in [-0.39, 0.29) is 0 Å². The first kappa shape index (κ1) is 18.9. The van der Waals surface area contributed by atoms with E-state index >= 15 is 0 Å². The number of oxazole rings is 1. The van der Waals surface area contributed by atoms with Crippen molar-refractivity contribution in [2.24, 2.45) is 0 Å². The van der Waals surface area contributed by atoms with Crippen LogP contribution in [-0.2, 0) is 0 Å². The van der Waals surface area contributed by atoms with Crippen LogP contribution in [0.15, 0.2) is 114 Å². The molecule has 2 nitrogen and oxygen atoms in total. The van der Waals surface area contributed by atoms with Crippen LogP contribution in [0.3, 0.4) is 0 Å². The number of fused-ring (bicyclic) bond motifs is 2. The van der Waals surface area contributed by atoms with Crippen LogP contribution >= 0.6 is 11.6 Å². The molecular formula is C29H18ClNO. The van der Waals surface area contributed by atoms with Crippen LogP contribution in [0.1, 0.15) is 0 Å². The average Bonchev–Trinajstić information content (AvgIpc) is 3.29. The van der Waals surface area contributed by atoms with Gasteiger partial charge in [-0.05, 0) is 57.8 Å². The second-order valence-corrected chi connectivity index (χ2v) is 8.22. The van der Waals surface area contributed by atoms with Gasteiger partial charge >= 0.3 is 0 Å². The molecule has 0 amide bonds. The molecule has 0 aliphatic rings. The van der Waals surface area contributed by atoms with Gasteiger partial charge in [-0.3, -0.25) is 0 Å². The van der Waals surface area contributed by atoms with Gasteiger partial charge in [-0.25, -0.2) is 4.98 Å². The molecule has 152 valence electrons. The maximum absolute atomic E-state index is 6.04. The Balaban J connectivity index is 1.42. The molecule has 6 aromatic rings. The van der Waals surface area contributed by atoms with E-state index in [1.54, 1.807) is 0 Å². The van der Waals surface area contributed by atoms with Gasteiger partial charge in [0.2, 0.25) is 5.89 Å². The molecule has 5 aromatic carbocycles. The Kier molecular flexibility index (Phi) is 4.52. The molecule has 1 heterocycles. The van der Waals surface area contributed by atoms with Crippen molar-refractivity contribution >= 4 is 33.5 Å². The van der Waals surface area contributed by atoms with E-state index in [1.807, 2.05) is 36.4 Å². The van der Waals surface area contributed by atoms with Crippen molar-refractivity contribution in [3.8, 4) is 33.7 Å². The third-order valence-corrected chi connectivity index (χ3v) is 6.06. The fourth-order valence-corrected chi connectivity index (χ4v) is 4.33. The molecule has 0 atom stereocenters. The van der Waals surface area contributed by atoms with E-state index in [1.165, 1.54) is 21.9 Å². The molecule has 0 spiro atoms. The van der Waals surface area contributed by atoms with E-state index in [0.29, 0.717) is 10.9 Å². The van der Waals surface area contributed by atoms with Crippen molar-refractivity contribution in [2.75, 3.05) is 0 Å². The van der Waals surface area contributed by atoms with Gasteiger partial charge < -0.3 is 4.42 Å². The Morgan fingerprint density at radius 2 is 1.19 bits per heavy atom. The van der Waals surface area contributed by atoms with Gasteiger partial charge in [-0.1, -0.05) is 90.5 Å². The largest absolute Gasteiger partial charge is 0.436 e. The number of hydrogen-bond donors (Lipinski definition) is 0. The summed E-state index contributed by atoms with van der Waals surface area (Å²) < 4.78 is 6.04. The van der Waals surface area contributed by atoms with Gasteiger partial charge in [0, 0.05) is 16.1 Å². The summed E-state index contributed by atoms with van der Waals surface area (Å²) in [4.78, 5) is 4.80. The Morgan fingerprint density at radius 1 is 0.562 bits per heavy atom. The fraction of sp³-hybridized carbons (Fsp3) is 0. The van der Waals surface area contributed by atoms with Gasteiger partial charge in [0.1, 0.15) is 5.52 Å². The fourth-order valence-electron chi connectivity index (χ4n) is 4.20. The molecule has 3 heteroatoms. The van der Waals surface area contributed by atoms with Crippen molar-refractivity contribution in [1.29, 1.82) is 0 Å². The summed E-state index contributed by atoms with van der Waals surface area (Å²) in [6.45, 7) is 0. The Morgan fingerprint density at radius 3 is 2.00 bits per heavy atom. The zero-order valence-corrected chi connectivity index (χ0v) is 17.9. The van der Waals surface area contributed by atoms with E-state index < -0.39 is 0 Å². The lowest BCUT2D eigenvalue weighted by atomic mass is 9.96. The minimum atomic E-state index is 0.594. The number of para-hydroxylation sites is 1. The molecule has 6 rings (SSSR count). The number of hydrogen-bond acceptors (Lipinski definition) is 2. The number of nitrogens with zero attached hydrogens (tertiary/aromatic N) is 1. The normalized spacial score (nSPS) is 11.3. The maximum atomic E-state index is 6.04. The van der Waals surface area contributed by atoms with E-state index in [0.717, 1.165) is 27.8 Å². The SMILES string of the molecule is Clc1ccc(-c2nc3c(-c4ccc(-c5cccc6ccccc56)cc4)cccc3o2)cc1. The molecule has 0 unspecified atom stereocenters. The number of rotatable bonds is 3. The lowest BCUT2D eigenvalue weighted by Crippen LogP contribution is -1.84. The van der Waals surface area contributed by atoms with Gasteiger partial charge in [-0.15, -0.1) is 0 Å². The molecule has 0 aliphatic carbocycles. The van der Waals surface area contributed by atoms with Crippen molar-refractivity contribution in [1.82, 2.24) is 4.98 Å². The molecule has 0 saturated carbocycles. The first-order valence-corrected chi connectivity index (χ1v) is 10.9. The first-order valence-electron chi connectivity index (χ1n) is 10.5. The summed E-state index contributed by atoms with van der Waals surface area (Å²) in [6.07, 6.45) is 0. The molecular weight excluding hydrogens is 414 g/mol. The van der Waals surface area contributed by atoms with E-state index in [2.05, 4.69) is 72.8 Å². The lowest BCUT2D eigenvalue weighted by Gasteiger charge is -2.08. The van der Waals surface area contributed by atoms with Gasteiger partial charge in [0.15, 0.2) is 5.58 Å². The van der Waals surface area contributed by atoms with Gasteiger partial charge in [0.25, 0.3) is 0 Å². The third kappa shape index (κ3) is 3.26. The summed E-state index contributed by atoms with van der Waals surface area (Å²) in [7, 11) is 0. The van der Waals surface area contributed by atoms with Crippen LogP contribution in [0.5, 0.6) is 0 Å². The second kappa shape index (κ2) is 7.67. The number of aromatic nitrogens is 1. The summed E-state index contributed by atoms with van der Waals surface area (Å²) in [5.41, 5.74) is 7.12. The Bertz CT molecular complexity index is 1560. The Hall–Kier alpha value is -3.88.